The second-order valence-corrected chi connectivity index (χ2v) is 10.5. The normalized spacial score (nSPS) is 12.0. The van der Waals surface area contributed by atoms with E-state index in [1.54, 1.807) is 24.3 Å². The van der Waals surface area contributed by atoms with Gasteiger partial charge < -0.3 is 30.5 Å². The molecule has 0 heterocycles. The van der Waals surface area contributed by atoms with Crippen LogP contribution in [0.15, 0.2) is 47.4 Å². The van der Waals surface area contributed by atoms with Gasteiger partial charge in [0.2, 0.25) is 10.0 Å². The summed E-state index contributed by atoms with van der Waals surface area (Å²) in [6.45, 7) is 3.49. The van der Waals surface area contributed by atoms with Crippen LogP contribution in [0.4, 0.5) is 0 Å². The average molecular weight is 555 g/mol. The summed E-state index contributed by atoms with van der Waals surface area (Å²) < 4.78 is 28.5. The van der Waals surface area contributed by atoms with Crippen molar-refractivity contribution >= 4 is 16.0 Å². The number of primary sulfonamides is 1. The molecule has 0 spiro atoms. The van der Waals surface area contributed by atoms with E-state index in [1.165, 1.54) is 12.1 Å². The minimum atomic E-state index is -3.66. The molecule has 11 heteroatoms. The molecule has 1 unspecified atom stereocenters. The van der Waals surface area contributed by atoms with Crippen molar-refractivity contribution in [3.05, 3.63) is 59.2 Å². The number of aryl methyl sites for hydroxylation is 1. The van der Waals surface area contributed by atoms with Crippen LogP contribution in [0.5, 0.6) is 5.75 Å². The summed E-state index contributed by atoms with van der Waals surface area (Å²) in [5, 5.41) is 44.8. The molecule has 10 nitrogen and oxygen atoms in total. The maximum Gasteiger partial charge on any atom is 0.300 e. The van der Waals surface area contributed by atoms with Gasteiger partial charge in [0.15, 0.2) is 0 Å². The smallest absolute Gasteiger partial charge is 0.300 e. The number of carboxylic acids is 1. The highest BCUT2D eigenvalue weighted by molar-refractivity contribution is 7.89. The zero-order chi connectivity index (χ0) is 28.4. The lowest BCUT2D eigenvalue weighted by Crippen LogP contribution is -2.22. The molecular weight excluding hydrogens is 512 g/mol. The summed E-state index contributed by atoms with van der Waals surface area (Å²) in [7, 11) is -3.66. The number of nitrogens with two attached hydrogens (primary N) is 1. The van der Waals surface area contributed by atoms with E-state index < -0.39 is 22.1 Å². The molecule has 0 radical (unpaired) electrons. The number of ether oxygens (including phenoxy) is 1. The van der Waals surface area contributed by atoms with E-state index in [-0.39, 0.29) is 17.3 Å². The Morgan fingerprint density at radius 3 is 2.34 bits per heavy atom. The molecule has 2 aromatic rings. The van der Waals surface area contributed by atoms with E-state index >= 15 is 0 Å². The number of unbranched alkanes of at least 4 members (excludes halogenated alkanes) is 4. The number of sulfonamides is 1. The highest BCUT2D eigenvalue weighted by Crippen LogP contribution is 2.22. The highest BCUT2D eigenvalue weighted by atomic mass is 32.2. The van der Waals surface area contributed by atoms with Crippen LogP contribution < -0.4 is 10.5 Å². The standard InChI is InChI=1S/C25H38N2O6S.C2H4O2/c26-34(31,32)23-10-7-9-20(16-23)8-3-6-15-33-14-5-2-1-4-13-27-18-25(30)21-11-12-24(29)22(17-21)19-28;1-2(3)4/h7,9-12,16-17,25,27-30H,1-6,8,13-15,18-19H2,(H2,26,31,32);1H3,(H,3,4). The number of aliphatic hydroxyl groups excluding tert-OH is 2. The summed E-state index contributed by atoms with van der Waals surface area (Å²) in [6, 6.07) is 11.5. The van der Waals surface area contributed by atoms with Gasteiger partial charge in [-0.15, -0.1) is 0 Å². The van der Waals surface area contributed by atoms with Gasteiger partial charge >= 0.3 is 0 Å². The largest absolute Gasteiger partial charge is 0.508 e. The fourth-order valence-electron chi connectivity index (χ4n) is 3.62. The Morgan fingerprint density at radius 2 is 1.68 bits per heavy atom. The number of carbonyl (C=O) groups is 1. The average Bonchev–Trinajstić information content (AvgIpc) is 2.86. The van der Waals surface area contributed by atoms with Crippen molar-refractivity contribution in [1.82, 2.24) is 5.32 Å². The minimum absolute atomic E-state index is 0.0310. The molecule has 7 N–H and O–H groups in total. The van der Waals surface area contributed by atoms with Gasteiger partial charge in [-0.05, 0) is 74.0 Å². The van der Waals surface area contributed by atoms with Gasteiger partial charge in [0.25, 0.3) is 5.97 Å². The maximum atomic E-state index is 11.4. The number of carboxylic acid groups (broad SMARTS) is 1. The number of hydrogen-bond donors (Lipinski definition) is 6. The SMILES string of the molecule is CC(=O)O.NS(=O)(=O)c1cccc(CCCCOCCCCCCNCC(O)c2ccc(O)c(CO)c2)c1. The van der Waals surface area contributed by atoms with Gasteiger partial charge in [-0.3, -0.25) is 4.79 Å². The second kappa shape index (κ2) is 18.7. The number of nitrogens with one attached hydrogen (secondary N) is 1. The van der Waals surface area contributed by atoms with Crippen LogP contribution in [0.3, 0.4) is 0 Å². The van der Waals surface area contributed by atoms with Crippen LogP contribution in [0.2, 0.25) is 0 Å². The Balaban J connectivity index is 0.00000168. The fourth-order valence-corrected chi connectivity index (χ4v) is 4.20. The van der Waals surface area contributed by atoms with Crippen LogP contribution in [0, 0.1) is 0 Å². The first-order valence-corrected chi connectivity index (χ1v) is 14.3. The summed E-state index contributed by atoms with van der Waals surface area (Å²) in [6.07, 6.45) is 6.16. The zero-order valence-corrected chi connectivity index (χ0v) is 22.8. The Morgan fingerprint density at radius 1 is 1.03 bits per heavy atom. The van der Waals surface area contributed by atoms with Crippen LogP contribution in [-0.4, -0.2) is 61.1 Å². The molecule has 214 valence electrons. The Labute approximate surface area is 225 Å². The number of hydrogen-bond acceptors (Lipinski definition) is 8. The van der Waals surface area contributed by atoms with Gasteiger partial charge in [-0.25, -0.2) is 13.6 Å². The van der Waals surface area contributed by atoms with Crippen LogP contribution in [0.1, 0.15) is 68.2 Å². The number of phenols is 1. The zero-order valence-electron chi connectivity index (χ0n) is 22.0. The molecule has 0 aliphatic carbocycles. The third-order valence-electron chi connectivity index (χ3n) is 5.62. The highest BCUT2D eigenvalue weighted by Gasteiger charge is 2.10. The monoisotopic (exact) mass is 554 g/mol. The first-order valence-electron chi connectivity index (χ1n) is 12.7. The maximum absolute atomic E-state index is 11.4. The molecule has 0 aliphatic heterocycles. The van der Waals surface area contributed by atoms with E-state index in [2.05, 4.69) is 5.32 Å². The summed E-state index contributed by atoms with van der Waals surface area (Å²) in [5.74, 6) is -0.802. The number of aliphatic hydroxyl groups is 2. The molecule has 2 rings (SSSR count). The fraction of sp³-hybridized carbons (Fsp3) is 0.519. The molecule has 0 saturated heterocycles. The van der Waals surface area contributed by atoms with Crippen molar-refractivity contribution < 1.29 is 38.4 Å². The molecule has 0 aromatic heterocycles. The third kappa shape index (κ3) is 15.0. The Hall–Kier alpha value is -2.54. The van der Waals surface area contributed by atoms with Crippen molar-refractivity contribution in [3.8, 4) is 5.75 Å². The molecule has 0 bridgehead atoms. The minimum Gasteiger partial charge on any atom is -0.508 e. The topological polar surface area (TPSA) is 179 Å². The quantitative estimate of drug-likeness (QED) is 0.160. The van der Waals surface area contributed by atoms with Crippen LogP contribution in [0.25, 0.3) is 0 Å². The second-order valence-electron chi connectivity index (χ2n) is 8.96. The van der Waals surface area contributed by atoms with Gasteiger partial charge in [0.1, 0.15) is 5.75 Å². The van der Waals surface area contributed by atoms with E-state index in [4.69, 9.17) is 19.8 Å². The molecule has 0 amide bonds. The molecule has 38 heavy (non-hydrogen) atoms. The van der Waals surface area contributed by atoms with Gasteiger partial charge in [0, 0.05) is 32.2 Å². The van der Waals surface area contributed by atoms with Crippen molar-refractivity contribution in [2.45, 2.75) is 69.5 Å². The summed E-state index contributed by atoms with van der Waals surface area (Å²) in [5.41, 5.74) is 2.04. The lowest BCUT2D eigenvalue weighted by atomic mass is 10.1. The van der Waals surface area contributed by atoms with Gasteiger partial charge in [-0.2, -0.15) is 0 Å². The molecule has 0 aliphatic rings. The predicted molar refractivity (Wildman–Crippen MR) is 145 cm³/mol. The first-order chi connectivity index (χ1) is 18.0. The van der Waals surface area contributed by atoms with E-state index in [0.29, 0.717) is 24.3 Å². The molecule has 2 aromatic carbocycles. The molecule has 0 saturated carbocycles. The van der Waals surface area contributed by atoms with Crippen LogP contribution >= 0.6 is 0 Å². The number of rotatable bonds is 17. The van der Waals surface area contributed by atoms with Crippen molar-refractivity contribution in [3.63, 3.8) is 0 Å². The van der Waals surface area contributed by atoms with Gasteiger partial charge in [0.05, 0.1) is 17.6 Å². The number of aliphatic carboxylic acids is 1. The molecule has 1 atom stereocenters. The van der Waals surface area contributed by atoms with E-state index in [1.807, 2.05) is 6.07 Å². The van der Waals surface area contributed by atoms with E-state index in [0.717, 1.165) is 70.6 Å². The lowest BCUT2D eigenvalue weighted by molar-refractivity contribution is -0.134. The van der Waals surface area contributed by atoms with E-state index in [9.17, 15) is 23.7 Å². The van der Waals surface area contributed by atoms with Crippen LogP contribution in [-0.2, 0) is 32.6 Å². The summed E-state index contributed by atoms with van der Waals surface area (Å²) in [4.78, 5) is 9.15. The first kappa shape index (κ1) is 33.5. The van der Waals surface area contributed by atoms with Crippen molar-refractivity contribution in [2.24, 2.45) is 5.14 Å². The molecular formula is C27H42N2O8S. The van der Waals surface area contributed by atoms with Crippen molar-refractivity contribution in [1.29, 1.82) is 0 Å². The Bertz CT molecular complexity index is 1060. The number of benzene rings is 2. The lowest BCUT2D eigenvalue weighted by Gasteiger charge is -2.14. The Kier molecular flexibility index (Phi) is 16.5. The third-order valence-corrected chi connectivity index (χ3v) is 6.53. The summed E-state index contributed by atoms with van der Waals surface area (Å²) >= 11 is 0. The predicted octanol–water partition coefficient (Wildman–Crippen LogP) is 2.85. The van der Waals surface area contributed by atoms with Crippen molar-refractivity contribution in [2.75, 3.05) is 26.3 Å². The number of aromatic hydroxyl groups is 1. The molecule has 0 fully saturated rings. The van der Waals surface area contributed by atoms with Gasteiger partial charge in [-0.1, -0.05) is 31.0 Å².